The second-order valence-electron chi connectivity index (χ2n) is 5.41. The first-order chi connectivity index (χ1) is 10.9. The second kappa shape index (κ2) is 6.16. The highest BCUT2D eigenvalue weighted by Crippen LogP contribution is 2.29. The van der Waals surface area contributed by atoms with Gasteiger partial charge in [0.1, 0.15) is 0 Å². The summed E-state index contributed by atoms with van der Waals surface area (Å²) in [7, 11) is -5.86. The molecule has 2 aromatic carbocycles. The maximum atomic E-state index is 12.6. The van der Waals surface area contributed by atoms with Gasteiger partial charge in [-0.15, -0.1) is 0 Å². The number of rotatable bonds is 3. The summed E-state index contributed by atoms with van der Waals surface area (Å²) in [6.45, 7) is 1.84. The molecule has 5 nitrogen and oxygen atoms in total. The maximum absolute atomic E-state index is 12.6. The van der Waals surface area contributed by atoms with Gasteiger partial charge < -0.3 is 5.11 Å². The summed E-state index contributed by atoms with van der Waals surface area (Å²) in [6.07, 6.45) is -0.943. The lowest BCUT2D eigenvalue weighted by molar-refractivity contribution is 0.0843. The SMILES string of the molecule is Cc1ccc(S(=O)(=O)OC2C(O)Cc3ccccc3S2=O)cc1. The third-order valence-electron chi connectivity index (χ3n) is 3.67. The standard InChI is InChI=1S/C16H16O5S2/c1-11-6-8-13(9-7-11)23(19,20)21-16-14(17)10-12-4-2-3-5-15(12)22(16)18/h2-9,14,16-17H,10H2,1H3. The lowest BCUT2D eigenvalue weighted by atomic mass is 10.1. The largest absolute Gasteiger partial charge is 0.389 e. The van der Waals surface area contributed by atoms with Crippen molar-refractivity contribution in [1.29, 1.82) is 0 Å². The Morgan fingerprint density at radius 3 is 2.48 bits per heavy atom. The lowest BCUT2D eigenvalue weighted by Crippen LogP contribution is -2.40. The molecule has 0 saturated heterocycles. The zero-order chi connectivity index (χ0) is 16.6. The molecule has 0 spiro atoms. The number of hydrogen-bond donors (Lipinski definition) is 1. The molecule has 0 bridgehead atoms. The fourth-order valence-corrected chi connectivity index (χ4v) is 5.25. The molecule has 0 saturated carbocycles. The van der Waals surface area contributed by atoms with Crippen LogP contribution in [0.4, 0.5) is 0 Å². The summed E-state index contributed by atoms with van der Waals surface area (Å²) in [5.41, 5.74) is 0.348. The molecule has 0 aliphatic carbocycles. The van der Waals surface area contributed by atoms with E-state index in [9.17, 15) is 17.7 Å². The summed E-state index contributed by atoms with van der Waals surface area (Å²) in [5, 5.41) is 10.2. The summed E-state index contributed by atoms with van der Waals surface area (Å²) >= 11 is 0. The van der Waals surface area contributed by atoms with Gasteiger partial charge in [0.25, 0.3) is 10.1 Å². The van der Waals surface area contributed by atoms with Gasteiger partial charge in [-0.3, -0.25) is 4.21 Å². The molecule has 0 aromatic heterocycles. The molecule has 3 unspecified atom stereocenters. The van der Waals surface area contributed by atoms with E-state index in [1.54, 1.807) is 36.4 Å². The number of fused-ring (bicyclic) bond motifs is 1. The molecule has 23 heavy (non-hydrogen) atoms. The lowest BCUT2D eigenvalue weighted by Gasteiger charge is -2.28. The minimum Gasteiger partial charge on any atom is -0.389 e. The predicted molar refractivity (Wildman–Crippen MR) is 85.8 cm³/mol. The Bertz CT molecular complexity index is 843. The van der Waals surface area contributed by atoms with E-state index < -0.39 is 32.5 Å². The van der Waals surface area contributed by atoms with Crippen molar-refractivity contribution in [1.82, 2.24) is 0 Å². The van der Waals surface area contributed by atoms with Crippen LogP contribution in [0, 0.1) is 6.92 Å². The van der Waals surface area contributed by atoms with Crippen molar-refractivity contribution in [3.05, 3.63) is 59.7 Å². The highest BCUT2D eigenvalue weighted by atomic mass is 32.2. The third-order valence-corrected chi connectivity index (χ3v) is 6.77. The van der Waals surface area contributed by atoms with Crippen LogP contribution in [-0.2, 0) is 31.5 Å². The maximum Gasteiger partial charge on any atom is 0.298 e. The van der Waals surface area contributed by atoms with Crippen molar-refractivity contribution in [3.8, 4) is 0 Å². The van der Waals surface area contributed by atoms with Gasteiger partial charge in [-0.2, -0.15) is 8.42 Å². The monoisotopic (exact) mass is 352 g/mol. The van der Waals surface area contributed by atoms with Crippen molar-refractivity contribution in [2.24, 2.45) is 0 Å². The number of aryl methyl sites for hydroxylation is 1. The van der Waals surface area contributed by atoms with Crippen molar-refractivity contribution in [2.45, 2.75) is 34.7 Å². The van der Waals surface area contributed by atoms with Crippen LogP contribution in [-0.4, -0.2) is 29.3 Å². The number of benzene rings is 2. The minimum absolute atomic E-state index is 0.0221. The van der Waals surface area contributed by atoms with Gasteiger partial charge in [-0.05, 0) is 30.7 Å². The summed E-state index contributed by atoms with van der Waals surface area (Å²) in [6, 6.07) is 13.1. The Hall–Kier alpha value is -1.54. The Labute approximate surface area is 137 Å². The smallest absolute Gasteiger partial charge is 0.298 e. The van der Waals surface area contributed by atoms with Gasteiger partial charge in [0.2, 0.25) is 0 Å². The number of hydrogen-bond acceptors (Lipinski definition) is 5. The van der Waals surface area contributed by atoms with E-state index in [1.807, 2.05) is 6.92 Å². The third kappa shape index (κ3) is 3.23. The zero-order valence-corrected chi connectivity index (χ0v) is 14.0. The van der Waals surface area contributed by atoms with Gasteiger partial charge in [0.15, 0.2) is 5.44 Å². The highest BCUT2D eigenvalue weighted by Gasteiger charge is 2.38. The van der Waals surface area contributed by atoms with Gasteiger partial charge >= 0.3 is 0 Å². The fourth-order valence-electron chi connectivity index (χ4n) is 2.44. The molecule has 3 rings (SSSR count). The average Bonchev–Trinajstić information content (AvgIpc) is 2.52. The van der Waals surface area contributed by atoms with Crippen LogP contribution in [0.3, 0.4) is 0 Å². The van der Waals surface area contributed by atoms with Crippen molar-refractivity contribution in [3.63, 3.8) is 0 Å². The Morgan fingerprint density at radius 1 is 1.13 bits per heavy atom. The topological polar surface area (TPSA) is 80.7 Å². The van der Waals surface area contributed by atoms with E-state index in [4.69, 9.17) is 4.18 Å². The van der Waals surface area contributed by atoms with E-state index in [0.717, 1.165) is 11.1 Å². The molecule has 7 heteroatoms. The van der Waals surface area contributed by atoms with Crippen LogP contribution >= 0.6 is 0 Å². The van der Waals surface area contributed by atoms with Crippen molar-refractivity contribution >= 4 is 20.9 Å². The van der Waals surface area contributed by atoms with E-state index in [0.29, 0.717) is 4.90 Å². The number of aliphatic hydroxyl groups is 1. The van der Waals surface area contributed by atoms with Crippen LogP contribution < -0.4 is 0 Å². The summed E-state index contributed by atoms with van der Waals surface area (Å²) in [5.74, 6) is 0. The van der Waals surface area contributed by atoms with Crippen molar-refractivity contribution < 1.29 is 21.9 Å². The molecule has 1 heterocycles. The second-order valence-corrected chi connectivity index (χ2v) is 8.48. The predicted octanol–water partition coefficient (Wildman–Crippen LogP) is 1.75. The molecular weight excluding hydrogens is 336 g/mol. The van der Waals surface area contributed by atoms with Crippen LogP contribution in [0.25, 0.3) is 0 Å². The van der Waals surface area contributed by atoms with E-state index in [-0.39, 0.29) is 11.3 Å². The molecule has 1 aliphatic rings. The van der Waals surface area contributed by atoms with E-state index in [1.165, 1.54) is 12.1 Å². The Morgan fingerprint density at radius 2 is 1.78 bits per heavy atom. The molecule has 1 N–H and O–H groups in total. The van der Waals surface area contributed by atoms with Crippen LogP contribution in [0.1, 0.15) is 11.1 Å². The molecular formula is C16H16O5S2. The minimum atomic E-state index is -4.10. The number of aliphatic hydroxyl groups excluding tert-OH is 1. The Balaban J connectivity index is 1.90. The molecule has 0 fully saturated rings. The summed E-state index contributed by atoms with van der Waals surface area (Å²) < 4.78 is 42.4. The van der Waals surface area contributed by atoms with E-state index in [2.05, 4.69) is 0 Å². The normalized spacial score (nSPS) is 24.2. The van der Waals surface area contributed by atoms with E-state index >= 15 is 0 Å². The summed E-state index contributed by atoms with van der Waals surface area (Å²) in [4.78, 5) is 0.480. The fraction of sp³-hybridized carbons (Fsp3) is 0.250. The first kappa shape index (κ1) is 16.3. The van der Waals surface area contributed by atoms with Gasteiger partial charge in [-0.1, -0.05) is 35.9 Å². The molecule has 0 amide bonds. The van der Waals surface area contributed by atoms with Crippen LogP contribution in [0.5, 0.6) is 0 Å². The quantitative estimate of drug-likeness (QED) is 0.851. The van der Waals surface area contributed by atoms with Gasteiger partial charge in [0, 0.05) is 11.3 Å². The molecule has 122 valence electrons. The van der Waals surface area contributed by atoms with Gasteiger partial charge in [0.05, 0.1) is 21.8 Å². The van der Waals surface area contributed by atoms with Crippen LogP contribution in [0.2, 0.25) is 0 Å². The Kier molecular flexibility index (Phi) is 4.37. The molecule has 3 atom stereocenters. The highest BCUT2D eigenvalue weighted by molar-refractivity contribution is 7.89. The first-order valence-corrected chi connectivity index (χ1v) is 9.67. The molecule has 2 aromatic rings. The molecule has 1 aliphatic heterocycles. The first-order valence-electron chi connectivity index (χ1n) is 7.05. The van der Waals surface area contributed by atoms with Gasteiger partial charge in [-0.25, -0.2) is 4.18 Å². The van der Waals surface area contributed by atoms with Crippen LogP contribution in [0.15, 0.2) is 58.3 Å². The van der Waals surface area contributed by atoms with Crippen molar-refractivity contribution in [2.75, 3.05) is 0 Å². The zero-order valence-electron chi connectivity index (χ0n) is 12.4. The molecule has 0 radical (unpaired) electrons. The average molecular weight is 352 g/mol.